The summed E-state index contributed by atoms with van der Waals surface area (Å²) >= 11 is 2.20. The van der Waals surface area contributed by atoms with Crippen LogP contribution in [0.3, 0.4) is 0 Å². The summed E-state index contributed by atoms with van der Waals surface area (Å²) in [6.45, 7) is 0. The molecule has 2 rings (SSSR count). The number of halogens is 1. The van der Waals surface area contributed by atoms with Crippen molar-refractivity contribution in [1.29, 1.82) is 0 Å². The third kappa shape index (κ3) is 2.79. The molecule has 0 spiro atoms. The van der Waals surface area contributed by atoms with Gasteiger partial charge in [-0.1, -0.05) is 6.07 Å². The highest BCUT2D eigenvalue weighted by atomic mass is 127. The van der Waals surface area contributed by atoms with Crippen molar-refractivity contribution in [2.24, 2.45) is 0 Å². The Hall–Kier alpha value is -1.43. The molecule has 16 heavy (non-hydrogen) atoms. The first-order chi connectivity index (χ1) is 7.75. The molecule has 0 radical (unpaired) electrons. The first kappa shape index (κ1) is 11.1. The second kappa shape index (κ2) is 5.07. The highest BCUT2D eigenvalue weighted by Gasteiger charge is 2.05. The van der Waals surface area contributed by atoms with E-state index >= 15 is 0 Å². The molecule has 0 bridgehead atoms. The summed E-state index contributed by atoms with van der Waals surface area (Å²) in [4.78, 5) is 15.8. The zero-order chi connectivity index (χ0) is 11.4. The molecule has 0 aliphatic heterocycles. The Morgan fingerprint density at radius 3 is 2.50 bits per heavy atom. The number of anilines is 1. The fraction of sp³-hybridized carbons (Fsp3) is 0. The van der Waals surface area contributed by atoms with Crippen LogP contribution in [-0.4, -0.2) is 10.9 Å². The van der Waals surface area contributed by atoms with E-state index in [-0.39, 0.29) is 5.91 Å². The van der Waals surface area contributed by atoms with E-state index in [0.717, 1.165) is 3.57 Å². The van der Waals surface area contributed by atoms with Gasteiger partial charge in [0, 0.05) is 15.3 Å². The lowest BCUT2D eigenvalue weighted by atomic mass is 10.2. The van der Waals surface area contributed by atoms with Gasteiger partial charge < -0.3 is 5.32 Å². The van der Waals surface area contributed by atoms with Crippen LogP contribution in [0.5, 0.6) is 0 Å². The Morgan fingerprint density at radius 2 is 1.88 bits per heavy atom. The molecule has 1 amide bonds. The van der Waals surface area contributed by atoms with E-state index in [1.54, 1.807) is 30.5 Å². The Morgan fingerprint density at radius 1 is 1.12 bits per heavy atom. The summed E-state index contributed by atoms with van der Waals surface area (Å²) in [7, 11) is 0. The largest absolute Gasteiger partial charge is 0.307 e. The van der Waals surface area contributed by atoms with Gasteiger partial charge >= 0.3 is 0 Å². The molecule has 1 heterocycles. The second-order valence-corrected chi connectivity index (χ2v) is 4.42. The number of carbonyl (C=O) groups is 1. The second-order valence-electron chi connectivity index (χ2n) is 3.18. The van der Waals surface area contributed by atoms with Gasteiger partial charge in [0.15, 0.2) is 0 Å². The van der Waals surface area contributed by atoms with E-state index in [1.165, 1.54) is 0 Å². The van der Waals surface area contributed by atoms with Gasteiger partial charge in [0.05, 0.1) is 0 Å². The maximum Gasteiger partial charge on any atom is 0.256 e. The van der Waals surface area contributed by atoms with Crippen molar-refractivity contribution < 1.29 is 4.79 Å². The first-order valence-electron chi connectivity index (χ1n) is 4.73. The Bertz CT molecular complexity index is 482. The summed E-state index contributed by atoms with van der Waals surface area (Å²) in [5.74, 6) is 0.418. The SMILES string of the molecule is O=C(Nc1ccccn1)c1ccc(I)cc1. The fourth-order valence-electron chi connectivity index (χ4n) is 1.23. The van der Waals surface area contributed by atoms with Gasteiger partial charge in [-0.2, -0.15) is 0 Å². The first-order valence-corrected chi connectivity index (χ1v) is 5.81. The Labute approximate surface area is 107 Å². The zero-order valence-electron chi connectivity index (χ0n) is 8.35. The molecule has 1 aromatic carbocycles. The lowest BCUT2D eigenvalue weighted by molar-refractivity contribution is 0.102. The molecule has 4 heteroatoms. The van der Waals surface area contributed by atoms with Crippen molar-refractivity contribution in [3.05, 3.63) is 57.8 Å². The summed E-state index contributed by atoms with van der Waals surface area (Å²) in [6, 6.07) is 12.8. The van der Waals surface area contributed by atoms with Gasteiger partial charge in [-0.15, -0.1) is 0 Å². The van der Waals surface area contributed by atoms with Crippen LogP contribution >= 0.6 is 22.6 Å². The van der Waals surface area contributed by atoms with E-state index in [0.29, 0.717) is 11.4 Å². The predicted molar refractivity (Wildman–Crippen MR) is 71.3 cm³/mol. The van der Waals surface area contributed by atoms with Crippen LogP contribution in [0, 0.1) is 3.57 Å². The molecule has 0 aliphatic carbocycles. The number of hydrogen-bond acceptors (Lipinski definition) is 2. The molecule has 1 N–H and O–H groups in total. The maximum atomic E-state index is 11.8. The molecular formula is C12H9IN2O. The molecule has 0 saturated heterocycles. The normalized spacial score (nSPS) is 9.81. The summed E-state index contributed by atoms with van der Waals surface area (Å²) in [5.41, 5.74) is 0.631. The van der Waals surface area contributed by atoms with Crippen molar-refractivity contribution in [1.82, 2.24) is 4.98 Å². The lowest BCUT2D eigenvalue weighted by Crippen LogP contribution is -2.12. The highest BCUT2D eigenvalue weighted by molar-refractivity contribution is 14.1. The maximum absolute atomic E-state index is 11.8. The number of rotatable bonds is 2. The molecule has 2 aromatic rings. The van der Waals surface area contributed by atoms with Crippen molar-refractivity contribution in [2.75, 3.05) is 5.32 Å². The molecular weight excluding hydrogens is 315 g/mol. The van der Waals surface area contributed by atoms with Crippen LogP contribution in [0.1, 0.15) is 10.4 Å². The summed E-state index contributed by atoms with van der Waals surface area (Å²) in [6.07, 6.45) is 1.64. The van der Waals surface area contributed by atoms with Gasteiger partial charge in [-0.05, 0) is 59.0 Å². The van der Waals surface area contributed by atoms with Crippen LogP contribution in [0.2, 0.25) is 0 Å². The number of nitrogens with one attached hydrogen (secondary N) is 1. The number of benzene rings is 1. The average molecular weight is 324 g/mol. The summed E-state index contributed by atoms with van der Waals surface area (Å²) < 4.78 is 1.10. The van der Waals surface area contributed by atoms with Gasteiger partial charge in [-0.25, -0.2) is 4.98 Å². The molecule has 3 nitrogen and oxygen atoms in total. The van der Waals surface area contributed by atoms with E-state index in [1.807, 2.05) is 18.2 Å². The molecule has 80 valence electrons. The van der Waals surface area contributed by atoms with Crippen molar-refractivity contribution in [3.8, 4) is 0 Å². The van der Waals surface area contributed by atoms with Crippen LogP contribution in [0.15, 0.2) is 48.7 Å². The van der Waals surface area contributed by atoms with Crippen LogP contribution in [0.4, 0.5) is 5.82 Å². The standard InChI is InChI=1S/C12H9IN2O/c13-10-6-4-9(5-7-10)12(16)15-11-3-1-2-8-14-11/h1-8H,(H,14,15,16). The van der Waals surface area contributed by atoms with Gasteiger partial charge in [0.25, 0.3) is 5.91 Å². The van der Waals surface area contributed by atoms with E-state index in [4.69, 9.17) is 0 Å². The van der Waals surface area contributed by atoms with Crippen molar-refractivity contribution >= 4 is 34.3 Å². The minimum Gasteiger partial charge on any atom is -0.307 e. The number of amides is 1. The van der Waals surface area contributed by atoms with Crippen molar-refractivity contribution in [2.45, 2.75) is 0 Å². The molecule has 0 atom stereocenters. The van der Waals surface area contributed by atoms with E-state index < -0.39 is 0 Å². The minimum absolute atomic E-state index is 0.143. The molecule has 0 unspecified atom stereocenters. The van der Waals surface area contributed by atoms with E-state index in [9.17, 15) is 4.79 Å². The van der Waals surface area contributed by atoms with Gasteiger partial charge in [-0.3, -0.25) is 4.79 Å². The third-order valence-corrected chi connectivity index (χ3v) is 2.73. The fourth-order valence-corrected chi connectivity index (χ4v) is 1.59. The topological polar surface area (TPSA) is 42.0 Å². The number of hydrogen-bond donors (Lipinski definition) is 1. The van der Waals surface area contributed by atoms with Crippen LogP contribution in [0.25, 0.3) is 0 Å². The average Bonchev–Trinajstić information content (AvgIpc) is 2.31. The minimum atomic E-state index is -0.143. The number of aromatic nitrogens is 1. The Kier molecular flexibility index (Phi) is 3.51. The summed E-state index contributed by atoms with van der Waals surface area (Å²) in [5, 5.41) is 2.73. The third-order valence-electron chi connectivity index (χ3n) is 2.01. The Balaban J connectivity index is 2.12. The van der Waals surface area contributed by atoms with Gasteiger partial charge in [0.1, 0.15) is 5.82 Å². The highest BCUT2D eigenvalue weighted by Crippen LogP contribution is 2.09. The predicted octanol–water partition coefficient (Wildman–Crippen LogP) is 2.94. The van der Waals surface area contributed by atoms with Crippen LogP contribution < -0.4 is 5.32 Å². The number of nitrogens with zero attached hydrogens (tertiary/aromatic N) is 1. The van der Waals surface area contributed by atoms with E-state index in [2.05, 4.69) is 32.9 Å². The van der Waals surface area contributed by atoms with Crippen molar-refractivity contribution in [3.63, 3.8) is 0 Å². The molecule has 0 saturated carbocycles. The lowest BCUT2D eigenvalue weighted by Gasteiger charge is -2.03. The molecule has 0 fully saturated rings. The monoisotopic (exact) mass is 324 g/mol. The van der Waals surface area contributed by atoms with Gasteiger partial charge in [0.2, 0.25) is 0 Å². The smallest absolute Gasteiger partial charge is 0.256 e. The number of pyridine rings is 1. The quantitative estimate of drug-likeness (QED) is 0.863. The molecule has 1 aromatic heterocycles. The molecule has 0 aliphatic rings. The van der Waals surface area contributed by atoms with Crippen LogP contribution in [-0.2, 0) is 0 Å². The zero-order valence-corrected chi connectivity index (χ0v) is 10.5. The number of carbonyl (C=O) groups excluding carboxylic acids is 1.